The van der Waals surface area contributed by atoms with E-state index in [0.29, 0.717) is 24.9 Å². The zero-order valence-corrected chi connectivity index (χ0v) is 18.8. The second-order valence-electron chi connectivity index (χ2n) is 7.15. The third-order valence-electron chi connectivity index (χ3n) is 4.98. The number of alkyl halides is 2. The number of ether oxygens (including phenoxy) is 2. The van der Waals surface area contributed by atoms with Crippen LogP contribution in [0.2, 0.25) is 0 Å². The fraction of sp³-hybridized carbons (Fsp3) is 0.450. The normalized spacial score (nSPS) is 17.5. The molecule has 0 saturated carbocycles. The standard InChI is InChI=1S/C20H24F2N2O5S2/c1-13-5-8-18(30-13)31(26,27)24-9-3-4-15(12-24)19(25)23-11-14-6-7-16(29-20(21)22)17(10-14)28-2/h5-8,10,15,20H,3-4,9,11-12H2,1-2H3,(H,23,25)/t15-/m0/s1. The molecule has 3 rings (SSSR count). The molecule has 170 valence electrons. The van der Waals surface area contributed by atoms with Crippen LogP contribution in [0.1, 0.15) is 23.3 Å². The quantitative estimate of drug-likeness (QED) is 0.634. The molecule has 1 saturated heterocycles. The van der Waals surface area contributed by atoms with Crippen LogP contribution >= 0.6 is 11.3 Å². The molecule has 7 nitrogen and oxygen atoms in total. The summed E-state index contributed by atoms with van der Waals surface area (Å²) in [5.41, 5.74) is 0.640. The first-order valence-electron chi connectivity index (χ1n) is 9.66. The minimum atomic E-state index is -3.62. The zero-order valence-electron chi connectivity index (χ0n) is 17.1. The van der Waals surface area contributed by atoms with E-state index in [1.54, 1.807) is 18.2 Å². The fourth-order valence-corrected chi connectivity index (χ4v) is 6.36. The van der Waals surface area contributed by atoms with Crippen LogP contribution in [0.15, 0.2) is 34.5 Å². The number of hydrogen-bond acceptors (Lipinski definition) is 6. The molecule has 1 N–H and O–H groups in total. The number of amides is 1. The minimum Gasteiger partial charge on any atom is -0.493 e. The monoisotopic (exact) mass is 474 g/mol. The Bertz CT molecular complexity index is 1030. The number of sulfonamides is 1. The first kappa shape index (κ1) is 23.4. The lowest BCUT2D eigenvalue weighted by molar-refractivity contribution is -0.126. The summed E-state index contributed by atoms with van der Waals surface area (Å²) < 4.78 is 61.7. The van der Waals surface area contributed by atoms with Crippen LogP contribution in [-0.2, 0) is 21.4 Å². The predicted octanol–water partition coefficient (Wildman–Crippen LogP) is 3.38. The summed E-state index contributed by atoms with van der Waals surface area (Å²) in [6.45, 7) is -0.473. The summed E-state index contributed by atoms with van der Waals surface area (Å²) in [4.78, 5) is 13.6. The topological polar surface area (TPSA) is 84.9 Å². The van der Waals surface area contributed by atoms with E-state index in [1.165, 1.54) is 34.9 Å². The summed E-state index contributed by atoms with van der Waals surface area (Å²) in [5.74, 6) is -0.681. The maximum Gasteiger partial charge on any atom is 0.387 e. The highest BCUT2D eigenvalue weighted by Crippen LogP contribution is 2.30. The molecule has 2 heterocycles. The summed E-state index contributed by atoms with van der Waals surface area (Å²) in [6.07, 6.45) is 1.18. The minimum absolute atomic E-state index is 0.0930. The Morgan fingerprint density at radius 2 is 2.06 bits per heavy atom. The van der Waals surface area contributed by atoms with E-state index in [9.17, 15) is 22.0 Å². The Hall–Kier alpha value is -2.24. The Morgan fingerprint density at radius 3 is 2.71 bits per heavy atom. The number of carbonyl (C=O) groups excluding carboxylic acids is 1. The molecule has 0 unspecified atom stereocenters. The predicted molar refractivity (Wildman–Crippen MR) is 112 cm³/mol. The van der Waals surface area contributed by atoms with Gasteiger partial charge < -0.3 is 14.8 Å². The van der Waals surface area contributed by atoms with Crippen molar-refractivity contribution in [3.05, 3.63) is 40.8 Å². The van der Waals surface area contributed by atoms with Gasteiger partial charge >= 0.3 is 6.61 Å². The number of nitrogens with one attached hydrogen (secondary N) is 1. The fourth-order valence-electron chi connectivity index (χ4n) is 3.40. The number of methoxy groups -OCH3 is 1. The number of rotatable bonds is 8. The Balaban J connectivity index is 1.62. The first-order valence-corrected chi connectivity index (χ1v) is 11.9. The van der Waals surface area contributed by atoms with E-state index in [-0.39, 0.29) is 34.7 Å². The number of aryl methyl sites for hydroxylation is 1. The molecule has 1 aliphatic rings. The van der Waals surface area contributed by atoms with Crippen molar-refractivity contribution in [3.63, 3.8) is 0 Å². The van der Waals surface area contributed by atoms with Crippen LogP contribution in [0, 0.1) is 12.8 Å². The molecular weight excluding hydrogens is 450 g/mol. The molecule has 1 aromatic carbocycles. The van der Waals surface area contributed by atoms with Crippen LogP contribution in [-0.4, -0.2) is 45.4 Å². The lowest BCUT2D eigenvalue weighted by Gasteiger charge is -2.30. The van der Waals surface area contributed by atoms with Crippen LogP contribution in [0.25, 0.3) is 0 Å². The summed E-state index contributed by atoms with van der Waals surface area (Å²) >= 11 is 1.21. The molecule has 31 heavy (non-hydrogen) atoms. The Kier molecular flexibility index (Phi) is 7.50. The van der Waals surface area contributed by atoms with Crippen molar-refractivity contribution in [2.24, 2.45) is 5.92 Å². The average molecular weight is 475 g/mol. The molecule has 0 radical (unpaired) electrons. The molecule has 1 aliphatic heterocycles. The number of carbonyl (C=O) groups is 1. The van der Waals surface area contributed by atoms with Gasteiger partial charge in [-0.2, -0.15) is 13.1 Å². The number of nitrogens with zero attached hydrogens (tertiary/aromatic N) is 1. The second kappa shape index (κ2) is 9.92. The molecule has 1 amide bonds. The van der Waals surface area contributed by atoms with Gasteiger partial charge in [0.2, 0.25) is 5.91 Å². The summed E-state index contributed by atoms with van der Waals surface area (Å²) in [7, 11) is -2.28. The second-order valence-corrected chi connectivity index (χ2v) is 10.6. The molecule has 0 aliphatic carbocycles. The molecule has 2 aromatic rings. The third kappa shape index (κ3) is 5.72. The van der Waals surface area contributed by atoms with Crippen molar-refractivity contribution < 1.29 is 31.5 Å². The first-order chi connectivity index (χ1) is 14.7. The van der Waals surface area contributed by atoms with Gasteiger partial charge in [0.05, 0.1) is 13.0 Å². The van der Waals surface area contributed by atoms with E-state index >= 15 is 0 Å². The third-order valence-corrected chi connectivity index (χ3v) is 8.31. The highest BCUT2D eigenvalue weighted by molar-refractivity contribution is 7.91. The zero-order chi connectivity index (χ0) is 22.6. The smallest absolute Gasteiger partial charge is 0.387 e. The number of piperidine rings is 1. The molecule has 1 fully saturated rings. The molecule has 11 heteroatoms. The highest BCUT2D eigenvalue weighted by Gasteiger charge is 2.34. The van der Waals surface area contributed by atoms with Gasteiger partial charge in [-0.05, 0) is 49.6 Å². The van der Waals surface area contributed by atoms with Crippen LogP contribution in [0.3, 0.4) is 0 Å². The van der Waals surface area contributed by atoms with Gasteiger partial charge in [0.1, 0.15) is 4.21 Å². The largest absolute Gasteiger partial charge is 0.493 e. The van der Waals surface area contributed by atoms with E-state index in [2.05, 4.69) is 10.1 Å². The van der Waals surface area contributed by atoms with Gasteiger partial charge in [0.25, 0.3) is 10.0 Å². The van der Waals surface area contributed by atoms with Gasteiger partial charge in [-0.15, -0.1) is 11.3 Å². The summed E-state index contributed by atoms with van der Waals surface area (Å²) in [6, 6.07) is 7.77. The molecule has 1 atom stereocenters. The van der Waals surface area contributed by atoms with Crippen LogP contribution in [0.5, 0.6) is 11.5 Å². The number of thiophene rings is 1. The molecular formula is C20H24F2N2O5S2. The van der Waals surface area contributed by atoms with E-state index in [4.69, 9.17) is 4.74 Å². The summed E-state index contributed by atoms with van der Waals surface area (Å²) in [5, 5.41) is 2.79. The van der Waals surface area contributed by atoms with E-state index in [1.807, 2.05) is 6.92 Å². The number of benzene rings is 1. The maximum absolute atomic E-state index is 12.9. The molecule has 0 bridgehead atoms. The van der Waals surface area contributed by atoms with Gasteiger partial charge in [-0.25, -0.2) is 8.42 Å². The van der Waals surface area contributed by atoms with Crippen molar-refractivity contribution >= 4 is 27.3 Å². The molecule has 0 spiro atoms. The van der Waals surface area contributed by atoms with Gasteiger partial charge in [0.15, 0.2) is 11.5 Å². The van der Waals surface area contributed by atoms with Gasteiger partial charge in [-0.1, -0.05) is 6.07 Å². The van der Waals surface area contributed by atoms with E-state index in [0.717, 1.165) is 4.88 Å². The number of halogens is 2. The highest BCUT2D eigenvalue weighted by atomic mass is 32.2. The van der Waals surface area contributed by atoms with Crippen molar-refractivity contribution in [3.8, 4) is 11.5 Å². The lowest BCUT2D eigenvalue weighted by Crippen LogP contribution is -2.45. The maximum atomic E-state index is 12.9. The van der Waals surface area contributed by atoms with Crippen molar-refractivity contribution in [1.82, 2.24) is 9.62 Å². The average Bonchev–Trinajstić information content (AvgIpc) is 3.19. The van der Waals surface area contributed by atoms with Gasteiger partial charge in [0, 0.05) is 24.5 Å². The van der Waals surface area contributed by atoms with Crippen molar-refractivity contribution in [1.29, 1.82) is 0 Å². The Morgan fingerprint density at radius 1 is 1.29 bits per heavy atom. The van der Waals surface area contributed by atoms with Gasteiger partial charge in [-0.3, -0.25) is 4.79 Å². The van der Waals surface area contributed by atoms with Crippen molar-refractivity contribution in [2.45, 2.75) is 37.1 Å². The van der Waals surface area contributed by atoms with Crippen LogP contribution < -0.4 is 14.8 Å². The Labute approximate surface area is 184 Å². The van der Waals surface area contributed by atoms with E-state index < -0.39 is 22.6 Å². The van der Waals surface area contributed by atoms with Crippen LogP contribution in [0.4, 0.5) is 8.78 Å². The lowest BCUT2D eigenvalue weighted by atomic mass is 9.98. The van der Waals surface area contributed by atoms with Crippen molar-refractivity contribution in [2.75, 3.05) is 20.2 Å². The molecule has 1 aromatic heterocycles. The SMILES string of the molecule is COc1cc(CNC(=O)[C@H]2CCCN(S(=O)(=O)c3ccc(C)s3)C2)ccc1OC(F)F. The number of hydrogen-bond donors (Lipinski definition) is 1.